The zero-order valence-electron chi connectivity index (χ0n) is 9.40. The molecule has 1 rings (SSSR count). The van der Waals surface area contributed by atoms with Gasteiger partial charge in [0.1, 0.15) is 0 Å². The van der Waals surface area contributed by atoms with Crippen molar-refractivity contribution in [2.45, 2.75) is 26.3 Å². The Bertz CT molecular complexity index is 399. The Morgan fingerprint density at radius 3 is 2.31 bits per heavy atom. The van der Waals surface area contributed by atoms with Gasteiger partial charge in [0.2, 0.25) is 0 Å². The van der Waals surface area contributed by atoms with Crippen LogP contribution in [0.3, 0.4) is 0 Å². The first-order valence-electron chi connectivity index (χ1n) is 4.82. The third-order valence-corrected chi connectivity index (χ3v) is 1.87. The topological polar surface area (TPSA) is 24.1 Å². The molecular weight excluding hydrogens is 230 g/mol. The van der Waals surface area contributed by atoms with Crippen molar-refractivity contribution in [1.82, 2.24) is 5.32 Å². The van der Waals surface area contributed by atoms with Crippen molar-refractivity contribution in [3.05, 3.63) is 29.8 Å². The Morgan fingerprint density at radius 1 is 1.19 bits per heavy atom. The summed E-state index contributed by atoms with van der Waals surface area (Å²) in [6.07, 6.45) is 0. The van der Waals surface area contributed by atoms with Gasteiger partial charge in [-0.15, -0.1) is 0 Å². The second-order valence-corrected chi connectivity index (χ2v) is 4.87. The number of benzene rings is 1. The minimum Gasteiger partial charge on any atom is -0.358 e. The predicted octanol–water partition coefficient (Wildman–Crippen LogP) is 3.05. The highest BCUT2D eigenvalue weighted by Crippen LogP contribution is 2.13. The molecule has 0 aliphatic carbocycles. The maximum Gasteiger partial charge on any atom is 0.171 e. The Hall–Kier alpha value is -1.23. The maximum absolute atomic E-state index is 12.9. The highest BCUT2D eigenvalue weighted by atomic mass is 32.1. The summed E-state index contributed by atoms with van der Waals surface area (Å²) in [7, 11) is 0. The summed E-state index contributed by atoms with van der Waals surface area (Å²) < 4.78 is 25.5. The monoisotopic (exact) mass is 244 g/mol. The van der Waals surface area contributed by atoms with Gasteiger partial charge in [0.05, 0.1) is 0 Å². The highest BCUT2D eigenvalue weighted by molar-refractivity contribution is 7.80. The lowest BCUT2D eigenvalue weighted by Crippen LogP contribution is -2.42. The molecule has 0 aliphatic heterocycles. The fourth-order valence-electron chi connectivity index (χ4n) is 1.08. The molecule has 0 saturated carbocycles. The Kier molecular flexibility index (Phi) is 3.80. The summed E-state index contributed by atoms with van der Waals surface area (Å²) >= 11 is 5.02. The molecule has 0 atom stereocenters. The lowest BCUT2D eigenvalue weighted by atomic mass is 10.1. The fourth-order valence-corrected chi connectivity index (χ4v) is 1.50. The molecule has 16 heavy (non-hydrogen) atoms. The molecule has 0 heterocycles. The molecule has 0 spiro atoms. The molecule has 0 unspecified atom stereocenters. The summed E-state index contributed by atoms with van der Waals surface area (Å²) in [6, 6.07) is 3.54. The van der Waals surface area contributed by atoms with Crippen molar-refractivity contribution in [3.63, 3.8) is 0 Å². The first-order chi connectivity index (χ1) is 7.28. The lowest BCUT2D eigenvalue weighted by Gasteiger charge is -2.23. The van der Waals surface area contributed by atoms with Crippen LogP contribution in [-0.2, 0) is 0 Å². The van der Waals surface area contributed by atoms with Gasteiger partial charge in [0.15, 0.2) is 16.7 Å². The number of hydrogen-bond donors (Lipinski definition) is 2. The molecular formula is C11H14F2N2S. The summed E-state index contributed by atoms with van der Waals surface area (Å²) in [4.78, 5) is 0. The largest absolute Gasteiger partial charge is 0.358 e. The summed E-state index contributed by atoms with van der Waals surface area (Å²) in [5.74, 6) is -1.77. The molecule has 2 nitrogen and oxygen atoms in total. The number of rotatable bonds is 1. The molecule has 5 heteroatoms. The van der Waals surface area contributed by atoms with Crippen LogP contribution in [0.4, 0.5) is 14.5 Å². The lowest BCUT2D eigenvalue weighted by molar-refractivity contribution is 0.508. The van der Waals surface area contributed by atoms with Gasteiger partial charge in [-0.05, 0) is 45.1 Å². The van der Waals surface area contributed by atoms with E-state index in [0.717, 1.165) is 12.1 Å². The average Bonchev–Trinajstić information content (AvgIpc) is 2.08. The van der Waals surface area contributed by atoms with Gasteiger partial charge in [0, 0.05) is 17.3 Å². The fraction of sp³-hybridized carbons (Fsp3) is 0.364. The van der Waals surface area contributed by atoms with Crippen LogP contribution in [0.2, 0.25) is 0 Å². The molecule has 0 fully saturated rings. The number of halogens is 2. The van der Waals surface area contributed by atoms with E-state index < -0.39 is 11.6 Å². The number of thiocarbonyl (C=S) groups is 1. The van der Waals surface area contributed by atoms with Crippen LogP contribution >= 0.6 is 12.2 Å². The minimum atomic E-state index is -0.899. The van der Waals surface area contributed by atoms with E-state index in [0.29, 0.717) is 10.8 Å². The molecule has 88 valence electrons. The van der Waals surface area contributed by atoms with E-state index in [9.17, 15) is 8.78 Å². The van der Waals surface area contributed by atoms with Crippen molar-refractivity contribution >= 4 is 23.0 Å². The molecule has 1 aromatic carbocycles. The predicted molar refractivity (Wildman–Crippen MR) is 65.5 cm³/mol. The normalized spacial score (nSPS) is 11.1. The van der Waals surface area contributed by atoms with Gasteiger partial charge in [-0.25, -0.2) is 8.78 Å². The zero-order valence-corrected chi connectivity index (χ0v) is 10.2. The van der Waals surface area contributed by atoms with Crippen LogP contribution in [0.1, 0.15) is 20.8 Å². The van der Waals surface area contributed by atoms with Crippen molar-refractivity contribution in [2.75, 3.05) is 5.32 Å². The number of anilines is 1. The molecule has 0 bridgehead atoms. The van der Waals surface area contributed by atoms with Crippen molar-refractivity contribution in [1.29, 1.82) is 0 Å². The van der Waals surface area contributed by atoms with Crippen LogP contribution in [0, 0.1) is 11.6 Å². The van der Waals surface area contributed by atoms with Crippen LogP contribution in [0.5, 0.6) is 0 Å². The zero-order chi connectivity index (χ0) is 12.3. The van der Waals surface area contributed by atoms with Crippen LogP contribution in [0.25, 0.3) is 0 Å². The van der Waals surface area contributed by atoms with E-state index in [4.69, 9.17) is 12.2 Å². The summed E-state index contributed by atoms with van der Waals surface area (Å²) in [5, 5.41) is 6.16. The number of hydrogen-bond acceptors (Lipinski definition) is 1. The van der Waals surface area contributed by atoms with Gasteiger partial charge in [0.25, 0.3) is 0 Å². The van der Waals surface area contributed by atoms with Gasteiger partial charge < -0.3 is 10.6 Å². The molecule has 1 aromatic rings. The maximum atomic E-state index is 12.9. The Morgan fingerprint density at radius 2 is 1.81 bits per heavy atom. The van der Waals surface area contributed by atoms with E-state index in [2.05, 4.69) is 10.6 Å². The van der Waals surface area contributed by atoms with E-state index in [-0.39, 0.29) is 5.54 Å². The second-order valence-electron chi connectivity index (χ2n) is 4.46. The summed E-state index contributed by atoms with van der Waals surface area (Å²) in [5.41, 5.74) is 0.239. The SMILES string of the molecule is CC(C)(C)NC(=S)Nc1ccc(F)c(F)c1. The van der Waals surface area contributed by atoms with Gasteiger partial charge in [-0.3, -0.25) is 0 Å². The Balaban J connectivity index is 2.67. The molecule has 0 saturated heterocycles. The molecule has 0 aromatic heterocycles. The van der Waals surface area contributed by atoms with E-state index >= 15 is 0 Å². The molecule has 2 N–H and O–H groups in total. The first kappa shape index (κ1) is 12.8. The smallest absolute Gasteiger partial charge is 0.171 e. The van der Waals surface area contributed by atoms with Crippen LogP contribution < -0.4 is 10.6 Å². The standard InChI is InChI=1S/C11H14F2N2S/c1-11(2,3)15-10(16)14-7-4-5-8(12)9(13)6-7/h4-6H,1-3H3,(H2,14,15,16). The van der Waals surface area contributed by atoms with Crippen LogP contribution in [-0.4, -0.2) is 10.7 Å². The third kappa shape index (κ3) is 4.10. The second kappa shape index (κ2) is 4.74. The van der Waals surface area contributed by atoms with Gasteiger partial charge >= 0.3 is 0 Å². The van der Waals surface area contributed by atoms with E-state index in [1.807, 2.05) is 20.8 Å². The van der Waals surface area contributed by atoms with Crippen molar-refractivity contribution in [3.8, 4) is 0 Å². The third-order valence-electron chi connectivity index (χ3n) is 1.67. The van der Waals surface area contributed by atoms with Gasteiger partial charge in [-0.1, -0.05) is 0 Å². The van der Waals surface area contributed by atoms with Crippen LogP contribution in [0.15, 0.2) is 18.2 Å². The highest BCUT2D eigenvalue weighted by Gasteiger charge is 2.11. The molecule has 0 amide bonds. The van der Waals surface area contributed by atoms with E-state index in [1.54, 1.807) is 0 Å². The van der Waals surface area contributed by atoms with Gasteiger partial charge in [-0.2, -0.15) is 0 Å². The average molecular weight is 244 g/mol. The van der Waals surface area contributed by atoms with Crippen molar-refractivity contribution in [2.24, 2.45) is 0 Å². The number of nitrogens with one attached hydrogen (secondary N) is 2. The summed E-state index contributed by atoms with van der Waals surface area (Å²) in [6.45, 7) is 5.85. The van der Waals surface area contributed by atoms with E-state index in [1.165, 1.54) is 6.07 Å². The quantitative estimate of drug-likeness (QED) is 0.742. The Labute approximate surface area is 99.0 Å². The minimum absolute atomic E-state index is 0.178. The van der Waals surface area contributed by atoms with Crippen molar-refractivity contribution < 1.29 is 8.78 Å². The molecule has 0 radical (unpaired) electrons. The first-order valence-corrected chi connectivity index (χ1v) is 5.23. The molecule has 0 aliphatic rings.